The van der Waals surface area contributed by atoms with Crippen molar-refractivity contribution in [3.63, 3.8) is 0 Å². The number of amides is 1. The van der Waals surface area contributed by atoms with Gasteiger partial charge in [-0.3, -0.25) is 14.3 Å². The topological polar surface area (TPSA) is 88.0 Å². The fourth-order valence-electron chi connectivity index (χ4n) is 1.92. The molecule has 0 unspecified atom stereocenters. The van der Waals surface area contributed by atoms with Crippen LogP contribution in [0.25, 0.3) is 11.4 Å². The Bertz CT molecular complexity index is 678. The Kier molecular flexibility index (Phi) is 5.32. The molecule has 2 aromatic rings. The van der Waals surface area contributed by atoms with E-state index in [0.29, 0.717) is 17.7 Å². The number of H-pyrrole nitrogens is 1. The maximum atomic E-state index is 11.9. The molecule has 0 bridgehead atoms. The standard InChI is InChI=1S/C14H16BrN3O3/c1-2-3-4-5-12(19)16-11-7-6-9(15)8-10(11)13-17-14(20)21-18-13/h6-8H,2-5H2,1H3,(H,16,19)(H,17,18,20). The first-order valence-corrected chi connectivity index (χ1v) is 7.55. The number of hydrogen-bond donors (Lipinski definition) is 2. The third-order valence-corrected chi connectivity index (χ3v) is 3.45. The fraction of sp³-hybridized carbons (Fsp3) is 0.357. The summed E-state index contributed by atoms with van der Waals surface area (Å²) in [5, 5.41) is 6.50. The van der Waals surface area contributed by atoms with Crippen LogP contribution in [0.1, 0.15) is 32.6 Å². The van der Waals surface area contributed by atoms with Crippen LogP contribution in [-0.4, -0.2) is 16.0 Å². The van der Waals surface area contributed by atoms with Crippen molar-refractivity contribution >= 4 is 27.5 Å². The number of halogens is 1. The maximum absolute atomic E-state index is 11.9. The molecule has 1 heterocycles. The highest BCUT2D eigenvalue weighted by Crippen LogP contribution is 2.28. The number of rotatable bonds is 6. The van der Waals surface area contributed by atoms with Crippen LogP contribution in [0, 0.1) is 0 Å². The third-order valence-electron chi connectivity index (χ3n) is 2.96. The summed E-state index contributed by atoms with van der Waals surface area (Å²) in [7, 11) is 0. The minimum Gasteiger partial charge on any atom is -0.325 e. The lowest BCUT2D eigenvalue weighted by Gasteiger charge is -2.09. The van der Waals surface area contributed by atoms with Crippen LogP contribution in [0.3, 0.4) is 0 Å². The summed E-state index contributed by atoms with van der Waals surface area (Å²) < 4.78 is 5.32. The van der Waals surface area contributed by atoms with Crippen molar-refractivity contribution in [2.24, 2.45) is 0 Å². The van der Waals surface area contributed by atoms with Crippen LogP contribution in [0.15, 0.2) is 32.0 Å². The highest BCUT2D eigenvalue weighted by molar-refractivity contribution is 9.10. The normalized spacial score (nSPS) is 10.6. The quantitative estimate of drug-likeness (QED) is 0.779. The molecule has 0 aliphatic rings. The molecule has 2 rings (SSSR count). The van der Waals surface area contributed by atoms with Crippen LogP contribution in [0.4, 0.5) is 5.69 Å². The summed E-state index contributed by atoms with van der Waals surface area (Å²) in [5.41, 5.74) is 1.18. The molecule has 1 amide bonds. The number of benzene rings is 1. The van der Waals surface area contributed by atoms with E-state index in [1.54, 1.807) is 12.1 Å². The largest absolute Gasteiger partial charge is 0.439 e. The van der Waals surface area contributed by atoms with Gasteiger partial charge in [0.05, 0.1) is 5.69 Å². The summed E-state index contributed by atoms with van der Waals surface area (Å²) in [5.74, 6) is -0.409. The van der Waals surface area contributed by atoms with Crippen LogP contribution in [0.5, 0.6) is 0 Å². The molecule has 0 spiro atoms. The Morgan fingerprint density at radius 1 is 1.43 bits per heavy atom. The Labute approximate surface area is 130 Å². The van der Waals surface area contributed by atoms with Crippen molar-refractivity contribution < 1.29 is 9.32 Å². The van der Waals surface area contributed by atoms with Crippen molar-refractivity contribution in [2.45, 2.75) is 32.6 Å². The summed E-state index contributed by atoms with van der Waals surface area (Å²) in [6.45, 7) is 2.09. The molecule has 112 valence electrons. The lowest BCUT2D eigenvalue weighted by Crippen LogP contribution is -2.12. The second-order valence-electron chi connectivity index (χ2n) is 4.64. The van der Waals surface area contributed by atoms with Gasteiger partial charge in [-0.25, -0.2) is 4.79 Å². The molecular formula is C14H16BrN3O3. The molecule has 2 N–H and O–H groups in total. The van der Waals surface area contributed by atoms with E-state index in [1.807, 2.05) is 6.07 Å². The van der Waals surface area contributed by atoms with Crippen LogP contribution in [0.2, 0.25) is 0 Å². The van der Waals surface area contributed by atoms with Crippen LogP contribution in [-0.2, 0) is 4.79 Å². The van der Waals surface area contributed by atoms with Gasteiger partial charge in [0.15, 0.2) is 5.82 Å². The van der Waals surface area contributed by atoms with Gasteiger partial charge in [-0.15, -0.1) is 0 Å². The number of carbonyl (C=O) groups is 1. The SMILES string of the molecule is CCCCCC(=O)Nc1ccc(Br)cc1-c1noc(=O)[nH]1. The number of hydrogen-bond acceptors (Lipinski definition) is 4. The minimum atomic E-state index is -0.634. The van der Waals surface area contributed by atoms with Crippen molar-refractivity contribution in [3.8, 4) is 11.4 Å². The van der Waals surface area contributed by atoms with E-state index in [1.165, 1.54) is 0 Å². The van der Waals surface area contributed by atoms with Crippen LogP contribution < -0.4 is 11.1 Å². The van der Waals surface area contributed by atoms with Gasteiger partial charge in [0.25, 0.3) is 0 Å². The second-order valence-corrected chi connectivity index (χ2v) is 5.55. The summed E-state index contributed by atoms with van der Waals surface area (Å²) in [4.78, 5) is 25.5. The van der Waals surface area contributed by atoms with Crippen molar-refractivity contribution in [1.82, 2.24) is 10.1 Å². The number of nitrogens with one attached hydrogen (secondary N) is 2. The number of aromatic amines is 1. The molecule has 7 heteroatoms. The summed E-state index contributed by atoms with van der Waals surface area (Å²) >= 11 is 3.35. The predicted molar refractivity (Wildman–Crippen MR) is 83.0 cm³/mol. The molecule has 1 aromatic heterocycles. The Balaban J connectivity index is 2.19. The Hall–Kier alpha value is -1.89. The summed E-state index contributed by atoms with van der Waals surface area (Å²) in [6, 6.07) is 5.32. The number of carbonyl (C=O) groups excluding carboxylic acids is 1. The number of aromatic nitrogens is 2. The average molecular weight is 354 g/mol. The van der Waals surface area contributed by atoms with Gasteiger partial charge in [-0.05, 0) is 24.6 Å². The second kappa shape index (κ2) is 7.21. The molecule has 0 aliphatic carbocycles. The van der Waals surface area contributed by atoms with E-state index in [9.17, 15) is 9.59 Å². The highest BCUT2D eigenvalue weighted by Gasteiger charge is 2.13. The van der Waals surface area contributed by atoms with Gasteiger partial charge in [-0.1, -0.05) is 40.9 Å². The van der Waals surface area contributed by atoms with Crippen LogP contribution >= 0.6 is 15.9 Å². The smallest absolute Gasteiger partial charge is 0.325 e. The average Bonchev–Trinajstić information content (AvgIpc) is 2.87. The molecule has 21 heavy (non-hydrogen) atoms. The van der Waals surface area contributed by atoms with Gasteiger partial charge >= 0.3 is 5.76 Å². The van der Waals surface area contributed by atoms with Gasteiger partial charge in [0.1, 0.15) is 0 Å². The monoisotopic (exact) mass is 353 g/mol. The molecule has 6 nitrogen and oxygen atoms in total. The zero-order valence-corrected chi connectivity index (χ0v) is 13.2. The lowest BCUT2D eigenvalue weighted by atomic mass is 10.1. The zero-order valence-electron chi connectivity index (χ0n) is 11.6. The molecule has 1 aromatic carbocycles. The molecular weight excluding hydrogens is 338 g/mol. The lowest BCUT2D eigenvalue weighted by molar-refractivity contribution is -0.116. The first kappa shape index (κ1) is 15.5. The van der Waals surface area contributed by atoms with Gasteiger partial charge in [0, 0.05) is 16.5 Å². The van der Waals surface area contributed by atoms with Gasteiger partial charge < -0.3 is 5.32 Å². The predicted octanol–water partition coefficient (Wildman–Crippen LogP) is 3.31. The van der Waals surface area contributed by atoms with E-state index >= 15 is 0 Å². The van der Waals surface area contributed by atoms with Gasteiger partial charge in [-0.2, -0.15) is 0 Å². The molecule has 0 radical (unpaired) electrons. The maximum Gasteiger partial charge on any atom is 0.439 e. The van der Waals surface area contributed by atoms with Crippen molar-refractivity contribution in [2.75, 3.05) is 5.32 Å². The van der Waals surface area contributed by atoms with Crippen molar-refractivity contribution in [1.29, 1.82) is 0 Å². The first-order chi connectivity index (χ1) is 10.1. The van der Waals surface area contributed by atoms with E-state index in [2.05, 4.69) is 42.8 Å². The van der Waals surface area contributed by atoms with Crippen molar-refractivity contribution in [3.05, 3.63) is 33.2 Å². The fourth-order valence-corrected chi connectivity index (χ4v) is 2.28. The zero-order chi connectivity index (χ0) is 15.2. The van der Waals surface area contributed by atoms with Gasteiger partial charge in [0.2, 0.25) is 5.91 Å². The molecule has 0 aliphatic heterocycles. The Morgan fingerprint density at radius 2 is 2.24 bits per heavy atom. The molecule has 0 saturated heterocycles. The highest BCUT2D eigenvalue weighted by atomic mass is 79.9. The number of anilines is 1. The molecule has 0 atom stereocenters. The minimum absolute atomic E-state index is 0.0575. The van der Waals surface area contributed by atoms with E-state index in [4.69, 9.17) is 0 Å². The van der Waals surface area contributed by atoms with E-state index in [-0.39, 0.29) is 11.7 Å². The number of unbranched alkanes of at least 4 members (excludes halogenated alkanes) is 2. The molecule has 0 saturated carbocycles. The summed E-state index contributed by atoms with van der Waals surface area (Å²) in [6.07, 6.45) is 3.42. The first-order valence-electron chi connectivity index (χ1n) is 6.76. The van der Waals surface area contributed by atoms with E-state index < -0.39 is 5.76 Å². The third kappa shape index (κ3) is 4.29. The Morgan fingerprint density at radius 3 is 2.90 bits per heavy atom. The van der Waals surface area contributed by atoms with E-state index in [0.717, 1.165) is 23.7 Å². The molecule has 0 fully saturated rings. The number of nitrogens with zero attached hydrogens (tertiary/aromatic N) is 1.